The summed E-state index contributed by atoms with van der Waals surface area (Å²) in [6.07, 6.45) is 3.19. The quantitative estimate of drug-likeness (QED) is 0.775. The number of hydroxylamine groups is 1. The van der Waals surface area contributed by atoms with Gasteiger partial charge in [-0.15, -0.1) is 0 Å². The normalized spacial score (nSPS) is 12.2. The molecule has 0 saturated heterocycles. The maximum Gasteiger partial charge on any atom is 0.265 e. The molecular weight excluding hydrogens is 240 g/mol. The molecule has 0 unspecified atom stereocenters. The Labute approximate surface area is 99.7 Å². The molecule has 17 heavy (non-hydrogen) atoms. The van der Waals surface area contributed by atoms with E-state index in [0.717, 1.165) is 9.85 Å². The molecule has 2 rings (SSSR count). The van der Waals surface area contributed by atoms with Gasteiger partial charge in [0, 0.05) is 30.2 Å². The highest BCUT2D eigenvalue weighted by atomic mass is 32.2. The van der Waals surface area contributed by atoms with E-state index in [9.17, 15) is 8.42 Å². The first-order valence-corrected chi connectivity index (χ1v) is 6.37. The van der Waals surface area contributed by atoms with Crippen LogP contribution < -0.4 is 0 Å². The van der Waals surface area contributed by atoms with Gasteiger partial charge in [0.05, 0.1) is 12.0 Å². The highest BCUT2D eigenvalue weighted by Gasteiger charge is 2.22. The summed E-state index contributed by atoms with van der Waals surface area (Å²) in [4.78, 5) is 8.92. The zero-order valence-corrected chi connectivity index (χ0v) is 10.3. The molecule has 5 nitrogen and oxygen atoms in total. The van der Waals surface area contributed by atoms with Crippen molar-refractivity contribution in [2.24, 2.45) is 0 Å². The van der Waals surface area contributed by atoms with Gasteiger partial charge in [-0.05, 0) is 12.1 Å². The van der Waals surface area contributed by atoms with Gasteiger partial charge in [0.1, 0.15) is 0 Å². The summed E-state index contributed by atoms with van der Waals surface area (Å²) in [5.74, 6) is 0. The van der Waals surface area contributed by atoms with Crippen molar-refractivity contribution in [1.29, 1.82) is 0 Å². The Hall–Kier alpha value is -1.50. The number of benzene rings is 1. The number of rotatable bonds is 3. The average Bonchev–Trinajstić information content (AvgIpc) is 2.37. The van der Waals surface area contributed by atoms with Crippen LogP contribution >= 0.6 is 0 Å². The molecule has 0 spiro atoms. The first-order chi connectivity index (χ1) is 8.07. The molecule has 90 valence electrons. The van der Waals surface area contributed by atoms with Crippen LogP contribution in [0.2, 0.25) is 0 Å². The SMILES string of the molecule is CON(C)S(=O)(=O)c1cccc2cnccc12. The minimum absolute atomic E-state index is 0.210. The Balaban J connectivity index is 2.72. The van der Waals surface area contributed by atoms with Gasteiger partial charge >= 0.3 is 0 Å². The maximum absolute atomic E-state index is 12.2. The minimum Gasteiger partial charge on any atom is -0.288 e. The molecule has 0 bridgehead atoms. The monoisotopic (exact) mass is 252 g/mol. The Morgan fingerprint density at radius 3 is 2.76 bits per heavy atom. The zero-order chi connectivity index (χ0) is 12.5. The molecule has 0 aliphatic carbocycles. The zero-order valence-electron chi connectivity index (χ0n) is 9.49. The highest BCUT2D eigenvalue weighted by Crippen LogP contribution is 2.24. The fraction of sp³-hybridized carbons (Fsp3) is 0.182. The highest BCUT2D eigenvalue weighted by molar-refractivity contribution is 7.89. The molecule has 0 N–H and O–H groups in total. The van der Waals surface area contributed by atoms with Crippen LogP contribution in [0.1, 0.15) is 0 Å². The van der Waals surface area contributed by atoms with Crippen LogP contribution in [0.4, 0.5) is 0 Å². The van der Waals surface area contributed by atoms with Crippen LogP contribution in [-0.4, -0.2) is 32.0 Å². The van der Waals surface area contributed by atoms with E-state index in [2.05, 4.69) is 4.98 Å². The molecule has 0 saturated carbocycles. The average molecular weight is 252 g/mol. The van der Waals surface area contributed by atoms with Crippen LogP contribution in [-0.2, 0) is 14.9 Å². The fourth-order valence-corrected chi connectivity index (χ4v) is 2.74. The molecule has 0 atom stereocenters. The number of fused-ring (bicyclic) bond motifs is 1. The van der Waals surface area contributed by atoms with E-state index in [-0.39, 0.29) is 4.90 Å². The minimum atomic E-state index is -3.63. The fourth-order valence-electron chi connectivity index (χ4n) is 1.55. The second kappa shape index (κ2) is 4.40. The third kappa shape index (κ3) is 2.02. The molecule has 0 amide bonds. The van der Waals surface area contributed by atoms with E-state index in [0.29, 0.717) is 5.39 Å². The summed E-state index contributed by atoms with van der Waals surface area (Å²) in [6.45, 7) is 0. The molecule has 2 aromatic rings. The van der Waals surface area contributed by atoms with E-state index in [1.807, 2.05) is 6.07 Å². The number of hydrogen-bond donors (Lipinski definition) is 0. The van der Waals surface area contributed by atoms with Crippen molar-refractivity contribution in [2.45, 2.75) is 4.90 Å². The van der Waals surface area contributed by atoms with E-state index in [1.54, 1.807) is 30.6 Å². The summed E-state index contributed by atoms with van der Waals surface area (Å²) in [6, 6.07) is 6.72. The first-order valence-electron chi connectivity index (χ1n) is 4.93. The van der Waals surface area contributed by atoms with Gasteiger partial charge in [-0.1, -0.05) is 16.6 Å². The number of sulfonamides is 1. The molecule has 0 aliphatic heterocycles. The number of hydrogen-bond acceptors (Lipinski definition) is 4. The predicted octanol–water partition coefficient (Wildman–Crippen LogP) is 1.42. The van der Waals surface area contributed by atoms with Gasteiger partial charge in [-0.2, -0.15) is 0 Å². The topological polar surface area (TPSA) is 59.5 Å². The molecule has 1 aromatic heterocycles. The Kier molecular flexibility index (Phi) is 3.10. The van der Waals surface area contributed by atoms with Crippen LogP contribution in [0.3, 0.4) is 0 Å². The van der Waals surface area contributed by atoms with Gasteiger partial charge in [-0.3, -0.25) is 9.82 Å². The summed E-state index contributed by atoms with van der Waals surface area (Å²) in [5, 5.41) is 1.41. The standard InChI is InChI=1S/C11H12N2O3S/c1-13(16-2)17(14,15)11-5-3-4-9-8-12-7-6-10(9)11/h3-8H,1-2H3. The van der Waals surface area contributed by atoms with Crippen molar-refractivity contribution < 1.29 is 13.3 Å². The Morgan fingerprint density at radius 2 is 2.06 bits per heavy atom. The van der Waals surface area contributed by atoms with Crippen molar-refractivity contribution in [1.82, 2.24) is 9.45 Å². The molecule has 1 heterocycles. The van der Waals surface area contributed by atoms with E-state index >= 15 is 0 Å². The predicted molar refractivity (Wildman–Crippen MR) is 63.7 cm³/mol. The summed E-state index contributed by atoms with van der Waals surface area (Å²) >= 11 is 0. The van der Waals surface area contributed by atoms with Crippen molar-refractivity contribution in [3.63, 3.8) is 0 Å². The van der Waals surface area contributed by atoms with E-state index in [1.165, 1.54) is 14.2 Å². The van der Waals surface area contributed by atoms with Gasteiger partial charge < -0.3 is 0 Å². The molecular formula is C11H12N2O3S. The van der Waals surface area contributed by atoms with Crippen molar-refractivity contribution in [3.05, 3.63) is 36.7 Å². The lowest BCUT2D eigenvalue weighted by Gasteiger charge is -2.15. The third-order valence-electron chi connectivity index (χ3n) is 2.51. The van der Waals surface area contributed by atoms with Gasteiger partial charge in [0.25, 0.3) is 10.0 Å². The van der Waals surface area contributed by atoms with Crippen molar-refractivity contribution in [3.8, 4) is 0 Å². The molecule has 6 heteroatoms. The van der Waals surface area contributed by atoms with Crippen molar-refractivity contribution in [2.75, 3.05) is 14.2 Å². The summed E-state index contributed by atoms with van der Waals surface area (Å²) in [5.41, 5.74) is 0. The van der Waals surface area contributed by atoms with Crippen LogP contribution in [0.15, 0.2) is 41.6 Å². The van der Waals surface area contributed by atoms with Crippen LogP contribution in [0.25, 0.3) is 10.8 Å². The summed E-state index contributed by atoms with van der Waals surface area (Å²) in [7, 11) is -0.966. The molecule has 0 aliphatic rings. The molecule has 0 radical (unpaired) electrons. The molecule has 0 fully saturated rings. The van der Waals surface area contributed by atoms with Crippen LogP contribution in [0.5, 0.6) is 0 Å². The number of aromatic nitrogens is 1. The first kappa shape index (κ1) is 12.0. The second-order valence-electron chi connectivity index (χ2n) is 3.45. The number of nitrogens with zero attached hydrogens (tertiary/aromatic N) is 2. The maximum atomic E-state index is 12.2. The van der Waals surface area contributed by atoms with Crippen molar-refractivity contribution >= 4 is 20.8 Å². The Morgan fingerprint density at radius 1 is 1.29 bits per heavy atom. The van der Waals surface area contributed by atoms with Gasteiger partial charge in [0.2, 0.25) is 0 Å². The largest absolute Gasteiger partial charge is 0.288 e. The Bertz CT molecular complexity index is 635. The van der Waals surface area contributed by atoms with Gasteiger partial charge in [-0.25, -0.2) is 8.42 Å². The van der Waals surface area contributed by atoms with E-state index in [4.69, 9.17) is 4.84 Å². The number of pyridine rings is 1. The lowest BCUT2D eigenvalue weighted by atomic mass is 10.2. The second-order valence-corrected chi connectivity index (χ2v) is 5.35. The smallest absolute Gasteiger partial charge is 0.265 e. The third-order valence-corrected chi connectivity index (χ3v) is 4.25. The lowest BCUT2D eigenvalue weighted by Crippen LogP contribution is -2.25. The lowest BCUT2D eigenvalue weighted by molar-refractivity contribution is -0.0257. The van der Waals surface area contributed by atoms with E-state index < -0.39 is 10.0 Å². The van der Waals surface area contributed by atoms with Gasteiger partial charge in [0.15, 0.2) is 0 Å². The summed E-state index contributed by atoms with van der Waals surface area (Å²) < 4.78 is 25.2. The molecule has 1 aromatic carbocycles. The van der Waals surface area contributed by atoms with Crippen LogP contribution in [0, 0.1) is 0 Å².